The van der Waals surface area contributed by atoms with E-state index < -0.39 is 15.6 Å². The fraction of sp³-hybridized carbons (Fsp3) is 1.00. The highest BCUT2D eigenvalue weighted by atomic mass is 32.2. The van der Waals surface area contributed by atoms with Gasteiger partial charge in [0.05, 0.1) is 18.0 Å². The molecule has 1 saturated heterocycles. The predicted molar refractivity (Wildman–Crippen MR) is 59.5 cm³/mol. The van der Waals surface area contributed by atoms with Crippen LogP contribution in [0.2, 0.25) is 0 Å². The first-order chi connectivity index (χ1) is 7.48. The van der Waals surface area contributed by atoms with Gasteiger partial charge < -0.3 is 9.84 Å². The van der Waals surface area contributed by atoms with Crippen molar-refractivity contribution in [2.24, 2.45) is 5.92 Å². The maximum atomic E-state index is 11.8. The lowest BCUT2D eigenvalue weighted by Gasteiger charge is -2.45. The Morgan fingerprint density at radius 1 is 1.44 bits per heavy atom. The van der Waals surface area contributed by atoms with Crippen molar-refractivity contribution < 1.29 is 18.3 Å². The van der Waals surface area contributed by atoms with E-state index in [9.17, 15) is 13.5 Å². The number of β-amino-alcohol motifs (C(OH)–C–C–N with tert-alkyl or cyclic N) is 1. The molecule has 0 amide bonds. The van der Waals surface area contributed by atoms with Gasteiger partial charge in [-0.05, 0) is 25.7 Å². The van der Waals surface area contributed by atoms with Gasteiger partial charge in [0.25, 0.3) is 0 Å². The summed E-state index contributed by atoms with van der Waals surface area (Å²) in [5, 5.41) is 10.0. The Morgan fingerprint density at radius 3 is 2.56 bits per heavy atom. The molecule has 1 aliphatic carbocycles. The number of nitrogens with zero attached hydrogens (tertiary/aromatic N) is 1. The second kappa shape index (κ2) is 4.25. The minimum absolute atomic E-state index is 0.0155. The van der Waals surface area contributed by atoms with Crippen molar-refractivity contribution in [3.8, 4) is 0 Å². The lowest BCUT2D eigenvalue weighted by Crippen LogP contribution is -2.65. The number of sulfonamides is 1. The van der Waals surface area contributed by atoms with Gasteiger partial charge in [0, 0.05) is 19.7 Å². The molecule has 1 N–H and O–H groups in total. The topological polar surface area (TPSA) is 66.8 Å². The van der Waals surface area contributed by atoms with Gasteiger partial charge in [0.2, 0.25) is 10.0 Å². The van der Waals surface area contributed by atoms with Crippen molar-refractivity contribution in [3.63, 3.8) is 0 Å². The summed E-state index contributed by atoms with van der Waals surface area (Å²) in [5.74, 6) is 0.340. The molecule has 1 heterocycles. The Hall–Kier alpha value is -0.170. The molecule has 2 rings (SSSR count). The quantitative estimate of drug-likeness (QED) is 0.663. The highest BCUT2D eigenvalue weighted by Gasteiger charge is 2.54. The van der Waals surface area contributed by atoms with E-state index in [4.69, 9.17) is 4.74 Å². The lowest BCUT2D eigenvalue weighted by atomic mass is 9.91. The van der Waals surface area contributed by atoms with Crippen LogP contribution in [0.5, 0.6) is 0 Å². The van der Waals surface area contributed by atoms with Gasteiger partial charge in [-0.2, -0.15) is 4.31 Å². The zero-order valence-corrected chi connectivity index (χ0v) is 10.4. The molecule has 16 heavy (non-hydrogen) atoms. The average molecular weight is 249 g/mol. The summed E-state index contributed by atoms with van der Waals surface area (Å²) >= 11 is 0. The number of hydrogen-bond donors (Lipinski definition) is 1. The van der Waals surface area contributed by atoms with Crippen LogP contribution in [0.25, 0.3) is 0 Å². The molecule has 0 bridgehead atoms. The Balaban J connectivity index is 1.81. The van der Waals surface area contributed by atoms with Crippen LogP contribution in [-0.2, 0) is 14.8 Å². The maximum Gasteiger partial charge on any atom is 0.216 e. The van der Waals surface area contributed by atoms with E-state index in [-0.39, 0.29) is 25.4 Å². The summed E-state index contributed by atoms with van der Waals surface area (Å²) in [6.07, 6.45) is 2.06. The molecule has 0 aromatic rings. The van der Waals surface area contributed by atoms with Gasteiger partial charge in [0.1, 0.15) is 0 Å². The third-order valence-corrected chi connectivity index (χ3v) is 5.05. The van der Waals surface area contributed by atoms with Crippen LogP contribution in [0.3, 0.4) is 0 Å². The van der Waals surface area contributed by atoms with E-state index in [0.717, 1.165) is 12.8 Å². The molecule has 0 atom stereocenters. The molecule has 1 aliphatic heterocycles. The first-order valence-electron chi connectivity index (χ1n) is 5.76. The fourth-order valence-corrected chi connectivity index (χ4v) is 3.50. The first kappa shape index (κ1) is 12.3. The molecule has 94 valence electrons. The van der Waals surface area contributed by atoms with Crippen molar-refractivity contribution in [1.82, 2.24) is 4.31 Å². The highest BCUT2D eigenvalue weighted by molar-refractivity contribution is 7.89. The molecule has 2 aliphatic rings. The van der Waals surface area contributed by atoms with Crippen LogP contribution in [-0.4, -0.2) is 55.5 Å². The smallest absolute Gasteiger partial charge is 0.216 e. The Morgan fingerprint density at radius 2 is 2.06 bits per heavy atom. The van der Waals surface area contributed by atoms with Gasteiger partial charge in [0.15, 0.2) is 0 Å². The van der Waals surface area contributed by atoms with Gasteiger partial charge in [-0.3, -0.25) is 0 Å². The van der Waals surface area contributed by atoms with E-state index in [1.807, 2.05) is 6.92 Å². The summed E-state index contributed by atoms with van der Waals surface area (Å²) < 4.78 is 29.9. The predicted octanol–water partition coefficient (Wildman–Crippen LogP) is -0.191. The molecule has 6 heteroatoms. The van der Waals surface area contributed by atoms with Crippen molar-refractivity contribution in [2.75, 3.05) is 32.1 Å². The normalized spacial score (nSPS) is 25.4. The molecule has 0 unspecified atom stereocenters. The van der Waals surface area contributed by atoms with Crippen molar-refractivity contribution in [2.45, 2.75) is 25.4 Å². The molecule has 0 radical (unpaired) electrons. The van der Waals surface area contributed by atoms with Crippen molar-refractivity contribution in [1.29, 1.82) is 0 Å². The monoisotopic (exact) mass is 249 g/mol. The molecule has 5 nitrogen and oxygen atoms in total. The minimum Gasteiger partial charge on any atom is -0.387 e. The fourth-order valence-electron chi connectivity index (χ4n) is 2.08. The molecular formula is C10H19NO4S. The number of hydrogen-bond acceptors (Lipinski definition) is 4. The lowest BCUT2D eigenvalue weighted by molar-refractivity contribution is -0.0766. The third-order valence-electron chi connectivity index (χ3n) is 3.32. The number of rotatable bonds is 6. The molecule has 0 spiro atoms. The van der Waals surface area contributed by atoms with Gasteiger partial charge >= 0.3 is 0 Å². The van der Waals surface area contributed by atoms with E-state index in [1.165, 1.54) is 4.31 Å². The highest BCUT2D eigenvalue weighted by Crippen LogP contribution is 2.45. The zero-order valence-electron chi connectivity index (χ0n) is 9.55. The standard InChI is InChI=1S/C10H19NO4S/c1-2-15-5-6-16(13,14)11-7-10(12,8-11)9-3-4-9/h9,12H,2-8H2,1H3. The SMILES string of the molecule is CCOCCS(=O)(=O)N1CC(O)(C2CC2)C1. The second-order valence-corrected chi connectivity index (χ2v) is 6.75. The minimum atomic E-state index is -3.22. The largest absolute Gasteiger partial charge is 0.387 e. The van der Waals surface area contributed by atoms with Crippen LogP contribution in [0.4, 0.5) is 0 Å². The average Bonchev–Trinajstić information content (AvgIpc) is 2.96. The van der Waals surface area contributed by atoms with Gasteiger partial charge in [-0.1, -0.05) is 0 Å². The zero-order chi connectivity index (χ0) is 11.8. The van der Waals surface area contributed by atoms with Crippen LogP contribution >= 0.6 is 0 Å². The van der Waals surface area contributed by atoms with E-state index >= 15 is 0 Å². The van der Waals surface area contributed by atoms with E-state index in [2.05, 4.69) is 0 Å². The second-order valence-electron chi connectivity index (χ2n) is 4.66. The molecule has 2 fully saturated rings. The summed E-state index contributed by atoms with van der Waals surface area (Å²) in [6, 6.07) is 0. The molecule has 0 aromatic carbocycles. The van der Waals surface area contributed by atoms with Crippen LogP contribution in [0, 0.1) is 5.92 Å². The molecule has 1 saturated carbocycles. The van der Waals surface area contributed by atoms with E-state index in [0.29, 0.717) is 12.5 Å². The summed E-state index contributed by atoms with van der Waals surface area (Å²) in [6.45, 7) is 3.14. The van der Waals surface area contributed by atoms with Crippen molar-refractivity contribution in [3.05, 3.63) is 0 Å². The Bertz CT molecular complexity index is 344. The number of aliphatic hydroxyl groups is 1. The van der Waals surface area contributed by atoms with Crippen LogP contribution < -0.4 is 0 Å². The Kier molecular flexibility index (Phi) is 3.27. The van der Waals surface area contributed by atoms with Crippen molar-refractivity contribution >= 4 is 10.0 Å². The van der Waals surface area contributed by atoms with E-state index in [1.54, 1.807) is 0 Å². The third kappa shape index (κ3) is 2.40. The molecular weight excluding hydrogens is 230 g/mol. The summed E-state index contributed by atoms with van der Waals surface area (Å²) in [7, 11) is -3.22. The van der Waals surface area contributed by atoms with Crippen LogP contribution in [0.1, 0.15) is 19.8 Å². The van der Waals surface area contributed by atoms with Crippen LogP contribution in [0.15, 0.2) is 0 Å². The first-order valence-corrected chi connectivity index (χ1v) is 7.37. The Labute approximate surface area is 96.4 Å². The van der Waals surface area contributed by atoms with Gasteiger partial charge in [-0.25, -0.2) is 8.42 Å². The maximum absolute atomic E-state index is 11.8. The number of ether oxygens (including phenoxy) is 1. The molecule has 0 aromatic heterocycles. The summed E-state index contributed by atoms with van der Waals surface area (Å²) in [5.41, 5.74) is -0.737. The van der Waals surface area contributed by atoms with Gasteiger partial charge in [-0.15, -0.1) is 0 Å². The summed E-state index contributed by atoms with van der Waals surface area (Å²) in [4.78, 5) is 0.